The highest BCUT2D eigenvalue weighted by Crippen LogP contribution is 2.25. The fourth-order valence-corrected chi connectivity index (χ4v) is 4.27. The molecule has 0 aromatic heterocycles. The summed E-state index contributed by atoms with van der Waals surface area (Å²) in [6, 6.07) is 14.2. The summed E-state index contributed by atoms with van der Waals surface area (Å²) in [5.41, 5.74) is 1.71. The summed E-state index contributed by atoms with van der Waals surface area (Å²) in [5.74, 6) is -0.449. The summed E-state index contributed by atoms with van der Waals surface area (Å²) in [5, 5.41) is 23.8. The normalized spacial score (nSPS) is 25.9. The van der Waals surface area contributed by atoms with E-state index >= 15 is 0 Å². The monoisotopic (exact) mass is 465 g/mol. The fourth-order valence-electron chi connectivity index (χ4n) is 3.36. The largest absolute Gasteiger partial charge is 0.388 e. The van der Waals surface area contributed by atoms with Gasteiger partial charge < -0.3 is 25.0 Å². The zero-order chi connectivity index (χ0) is 23.3. The van der Waals surface area contributed by atoms with Crippen LogP contribution in [0.25, 0.3) is 0 Å². The number of aliphatic hydroxyl groups excluding tert-OH is 2. The third-order valence-electron chi connectivity index (χ3n) is 5.05. The van der Waals surface area contributed by atoms with Crippen molar-refractivity contribution in [3.05, 3.63) is 65.7 Å². The van der Waals surface area contributed by atoms with E-state index in [1.54, 1.807) is 12.1 Å². The van der Waals surface area contributed by atoms with Gasteiger partial charge in [-0.15, -0.1) is 0 Å². The maximum Gasteiger partial charge on any atom is 0.297 e. The number of amides is 1. The highest BCUT2D eigenvalue weighted by Gasteiger charge is 2.46. The highest BCUT2D eigenvalue weighted by atomic mass is 32.2. The van der Waals surface area contributed by atoms with Crippen molar-refractivity contribution in [1.82, 2.24) is 5.32 Å². The molecule has 1 aliphatic heterocycles. The van der Waals surface area contributed by atoms with Gasteiger partial charge in [0, 0.05) is 6.92 Å². The first kappa shape index (κ1) is 24.3. The summed E-state index contributed by atoms with van der Waals surface area (Å²) < 4.78 is 41.2. The number of rotatable bonds is 8. The Balaban J connectivity index is 1.72. The van der Waals surface area contributed by atoms with Crippen molar-refractivity contribution in [3.63, 3.8) is 0 Å². The Bertz CT molecular complexity index is 996. The molecule has 10 heteroatoms. The fraction of sp³-hybridized carbons (Fsp3) is 0.409. The average molecular weight is 466 g/mol. The number of benzene rings is 2. The van der Waals surface area contributed by atoms with Gasteiger partial charge in [-0.2, -0.15) is 8.42 Å². The molecule has 1 amide bonds. The van der Waals surface area contributed by atoms with Gasteiger partial charge in [0.2, 0.25) is 5.91 Å². The zero-order valence-electron chi connectivity index (χ0n) is 17.7. The van der Waals surface area contributed by atoms with Crippen LogP contribution in [-0.2, 0) is 35.2 Å². The second-order valence-electron chi connectivity index (χ2n) is 7.59. The number of carbonyl (C=O) groups is 1. The van der Waals surface area contributed by atoms with E-state index < -0.39 is 53.3 Å². The quantitative estimate of drug-likeness (QED) is 0.490. The van der Waals surface area contributed by atoms with Crippen molar-refractivity contribution in [2.45, 2.75) is 56.0 Å². The number of nitrogens with one attached hydrogen (secondary N) is 1. The van der Waals surface area contributed by atoms with Crippen LogP contribution in [0.15, 0.2) is 59.5 Å². The predicted molar refractivity (Wildman–Crippen MR) is 114 cm³/mol. The number of aryl methyl sites for hydroxylation is 1. The van der Waals surface area contributed by atoms with Crippen molar-refractivity contribution < 1.29 is 37.1 Å². The van der Waals surface area contributed by atoms with Gasteiger partial charge in [0.15, 0.2) is 6.29 Å². The first-order chi connectivity index (χ1) is 15.2. The Morgan fingerprint density at radius 1 is 1.09 bits per heavy atom. The molecule has 0 unspecified atom stereocenters. The van der Waals surface area contributed by atoms with Gasteiger partial charge in [0.05, 0.1) is 18.1 Å². The van der Waals surface area contributed by atoms with Crippen LogP contribution in [0.5, 0.6) is 0 Å². The summed E-state index contributed by atoms with van der Waals surface area (Å²) >= 11 is 0. The SMILES string of the molecule is CC(=O)N[C@@H]1[C@@H](OCc2ccccc2)[C@H](O)[C@@H](COS(=O)(=O)c2ccc(C)cc2)O[C@@H]1O. The number of ether oxygens (including phenoxy) is 2. The van der Waals surface area contributed by atoms with Crippen molar-refractivity contribution in [2.24, 2.45) is 0 Å². The molecule has 1 saturated heterocycles. The van der Waals surface area contributed by atoms with E-state index in [4.69, 9.17) is 13.7 Å². The third-order valence-corrected chi connectivity index (χ3v) is 6.34. The van der Waals surface area contributed by atoms with Crippen LogP contribution >= 0.6 is 0 Å². The van der Waals surface area contributed by atoms with E-state index in [0.717, 1.165) is 11.1 Å². The molecule has 3 rings (SSSR count). The van der Waals surface area contributed by atoms with Gasteiger partial charge in [0.25, 0.3) is 10.1 Å². The van der Waals surface area contributed by atoms with Gasteiger partial charge in [-0.05, 0) is 24.6 Å². The number of aliphatic hydroxyl groups is 2. The van der Waals surface area contributed by atoms with Crippen LogP contribution in [0.3, 0.4) is 0 Å². The number of carbonyl (C=O) groups excluding carboxylic acids is 1. The Morgan fingerprint density at radius 3 is 2.38 bits per heavy atom. The first-order valence-electron chi connectivity index (χ1n) is 10.1. The van der Waals surface area contributed by atoms with Crippen molar-refractivity contribution in [1.29, 1.82) is 0 Å². The Kier molecular flexibility index (Phi) is 7.99. The summed E-state index contributed by atoms with van der Waals surface area (Å²) in [6.07, 6.45) is -5.21. The molecule has 0 spiro atoms. The number of hydrogen-bond donors (Lipinski definition) is 3. The van der Waals surface area contributed by atoms with Crippen LogP contribution in [0.4, 0.5) is 0 Å². The topological polar surface area (TPSA) is 131 Å². The molecule has 2 aromatic carbocycles. The van der Waals surface area contributed by atoms with Gasteiger partial charge >= 0.3 is 0 Å². The summed E-state index contributed by atoms with van der Waals surface area (Å²) in [6.45, 7) is 2.63. The molecule has 0 radical (unpaired) electrons. The van der Waals surface area contributed by atoms with E-state index in [-0.39, 0.29) is 11.5 Å². The molecule has 5 atom stereocenters. The Hall–Kier alpha value is -2.34. The Morgan fingerprint density at radius 2 is 1.75 bits per heavy atom. The minimum atomic E-state index is -4.11. The molecular formula is C22H27NO8S. The van der Waals surface area contributed by atoms with E-state index in [1.807, 2.05) is 37.3 Å². The molecule has 0 aliphatic carbocycles. The molecular weight excluding hydrogens is 438 g/mol. The van der Waals surface area contributed by atoms with Crippen LogP contribution in [0.2, 0.25) is 0 Å². The lowest BCUT2D eigenvalue weighted by Crippen LogP contribution is -2.64. The number of hydrogen-bond acceptors (Lipinski definition) is 8. The molecule has 1 fully saturated rings. The summed E-state index contributed by atoms with van der Waals surface area (Å²) in [4.78, 5) is 11.5. The summed E-state index contributed by atoms with van der Waals surface area (Å²) in [7, 11) is -4.11. The maximum absolute atomic E-state index is 12.5. The lowest BCUT2D eigenvalue weighted by Gasteiger charge is -2.42. The minimum absolute atomic E-state index is 0.0399. The predicted octanol–water partition coefficient (Wildman–Crippen LogP) is 0.869. The van der Waals surface area contributed by atoms with E-state index in [0.29, 0.717) is 0 Å². The van der Waals surface area contributed by atoms with Crippen molar-refractivity contribution in [3.8, 4) is 0 Å². The van der Waals surface area contributed by atoms with Crippen LogP contribution < -0.4 is 5.32 Å². The van der Waals surface area contributed by atoms with Crippen LogP contribution in [0.1, 0.15) is 18.1 Å². The average Bonchev–Trinajstić information content (AvgIpc) is 2.75. The second kappa shape index (κ2) is 10.5. The lowest BCUT2D eigenvalue weighted by atomic mass is 9.96. The van der Waals surface area contributed by atoms with Crippen molar-refractivity contribution in [2.75, 3.05) is 6.61 Å². The van der Waals surface area contributed by atoms with Crippen LogP contribution in [-0.4, -0.2) is 61.8 Å². The second-order valence-corrected chi connectivity index (χ2v) is 9.21. The van der Waals surface area contributed by atoms with E-state index in [1.165, 1.54) is 19.1 Å². The van der Waals surface area contributed by atoms with Gasteiger partial charge in [0.1, 0.15) is 24.4 Å². The molecule has 1 aliphatic rings. The first-order valence-corrected chi connectivity index (χ1v) is 11.5. The smallest absolute Gasteiger partial charge is 0.297 e. The van der Waals surface area contributed by atoms with E-state index in [9.17, 15) is 23.4 Å². The highest BCUT2D eigenvalue weighted by molar-refractivity contribution is 7.86. The standard InChI is InChI=1S/C22H27NO8S/c1-14-8-10-17(11-9-14)32(27,28)30-13-18-20(25)21(19(22(26)31-18)23-15(2)24)29-12-16-6-4-3-5-7-16/h3-11,18-22,25-26H,12-13H2,1-2H3,(H,23,24)/t18-,19-,20-,21-,22+/m1/s1. The van der Waals surface area contributed by atoms with Gasteiger partial charge in [-0.1, -0.05) is 48.0 Å². The Labute approximate surface area is 187 Å². The van der Waals surface area contributed by atoms with Gasteiger partial charge in [-0.3, -0.25) is 8.98 Å². The molecule has 2 aromatic rings. The lowest BCUT2D eigenvalue weighted by molar-refractivity contribution is -0.262. The third kappa shape index (κ3) is 6.12. The minimum Gasteiger partial charge on any atom is -0.388 e. The zero-order valence-corrected chi connectivity index (χ0v) is 18.6. The van der Waals surface area contributed by atoms with Crippen molar-refractivity contribution >= 4 is 16.0 Å². The van der Waals surface area contributed by atoms with E-state index in [2.05, 4.69) is 5.32 Å². The van der Waals surface area contributed by atoms with Gasteiger partial charge in [-0.25, -0.2) is 0 Å². The van der Waals surface area contributed by atoms with Crippen LogP contribution in [0, 0.1) is 6.92 Å². The molecule has 32 heavy (non-hydrogen) atoms. The molecule has 0 bridgehead atoms. The molecule has 9 nitrogen and oxygen atoms in total. The molecule has 3 N–H and O–H groups in total. The molecule has 174 valence electrons. The molecule has 1 heterocycles. The molecule has 0 saturated carbocycles. The maximum atomic E-state index is 12.5.